The summed E-state index contributed by atoms with van der Waals surface area (Å²) < 4.78 is 20.0. The molecule has 3 heterocycles. The molecule has 39 heavy (non-hydrogen) atoms. The number of rotatable bonds is 6. The van der Waals surface area contributed by atoms with Gasteiger partial charge in [-0.05, 0) is 67.6 Å². The number of amides is 3. The first-order chi connectivity index (χ1) is 18.7. The van der Waals surface area contributed by atoms with Crippen LogP contribution in [0.1, 0.15) is 48.8 Å². The molecule has 4 aliphatic rings. The molecule has 0 aromatic heterocycles. The van der Waals surface area contributed by atoms with Crippen LogP contribution in [0.2, 0.25) is 0 Å². The molecule has 204 valence electrons. The van der Waals surface area contributed by atoms with E-state index in [9.17, 15) is 18.8 Å². The van der Waals surface area contributed by atoms with Crippen molar-refractivity contribution in [2.24, 2.45) is 11.8 Å². The number of carbonyl (C=O) groups excluding carboxylic acids is 3. The van der Waals surface area contributed by atoms with E-state index in [1.165, 1.54) is 17.0 Å². The van der Waals surface area contributed by atoms with E-state index in [0.717, 1.165) is 43.2 Å². The van der Waals surface area contributed by atoms with Crippen molar-refractivity contribution < 1.29 is 23.5 Å². The highest BCUT2D eigenvalue weighted by Gasteiger charge is 2.72. The SMILES string of the molecule is Cc1cc(C)cc(NC(=O)C2C3C=CC4(O3)C2C(=O)N(Cc2ccc(F)cc2)C4C(=O)NC2CCCCC2)c1. The fraction of sp³-hybridized carbons (Fsp3) is 0.452. The number of aryl methyl sites for hydroxylation is 2. The predicted octanol–water partition coefficient (Wildman–Crippen LogP) is 4.18. The summed E-state index contributed by atoms with van der Waals surface area (Å²) in [4.78, 5) is 43.2. The molecule has 6 rings (SSSR count). The lowest BCUT2D eigenvalue weighted by Gasteiger charge is -2.34. The van der Waals surface area contributed by atoms with Gasteiger partial charge in [-0.3, -0.25) is 14.4 Å². The van der Waals surface area contributed by atoms with Crippen LogP contribution >= 0.6 is 0 Å². The minimum Gasteiger partial charge on any atom is -0.359 e. The number of ether oxygens (including phenoxy) is 1. The van der Waals surface area contributed by atoms with Crippen molar-refractivity contribution in [1.29, 1.82) is 0 Å². The van der Waals surface area contributed by atoms with Gasteiger partial charge in [0.2, 0.25) is 17.7 Å². The summed E-state index contributed by atoms with van der Waals surface area (Å²) in [5, 5.41) is 6.18. The molecule has 2 saturated heterocycles. The van der Waals surface area contributed by atoms with Gasteiger partial charge < -0.3 is 20.3 Å². The summed E-state index contributed by atoms with van der Waals surface area (Å²) in [5.74, 6) is -2.84. The quantitative estimate of drug-likeness (QED) is 0.548. The lowest BCUT2D eigenvalue weighted by molar-refractivity contribution is -0.142. The Morgan fingerprint density at radius 1 is 1.03 bits per heavy atom. The van der Waals surface area contributed by atoms with Gasteiger partial charge in [-0.25, -0.2) is 4.39 Å². The zero-order valence-corrected chi connectivity index (χ0v) is 22.3. The van der Waals surface area contributed by atoms with E-state index in [4.69, 9.17) is 4.74 Å². The van der Waals surface area contributed by atoms with Crippen LogP contribution in [0.5, 0.6) is 0 Å². The molecule has 8 heteroatoms. The molecule has 3 amide bonds. The molecule has 0 radical (unpaired) electrons. The summed E-state index contributed by atoms with van der Waals surface area (Å²) in [6.07, 6.45) is 8.11. The average Bonchev–Trinajstić information content (AvgIpc) is 3.53. The second-order valence-corrected chi connectivity index (χ2v) is 11.5. The number of anilines is 1. The van der Waals surface area contributed by atoms with E-state index in [1.807, 2.05) is 44.2 Å². The minimum absolute atomic E-state index is 0.0516. The van der Waals surface area contributed by atoms with Crippen LogP contribution in [0.3, 0.4) is 0 Å². The fourth-order valence-corrected chi connectivity index (χ4v) is 7.02. The zero-order chi connectivity index (χ0) is 27.3. The van der Waals surface area contributed by atoms with Crippen LogP contribution in [0.15, 0.2) is 54.6 Å². The maximum atomic E-state index is 14.1. The monoisotopic (exact) mass is 531 g/mol. The second-order valence-electron chi connectivity index (χ2n) is 11.5. The molecular weight excluding hydrogens is 497 g/mol. The van der Waals surface area contributed by atoms with E-state index >= 15 is 0 Å². The number of hydrogen-bond donors (Lipinski definition) is 2. The van der Waals surface area contributed by atoms with Crippen molar-refractivity contribution in [1.82, 2.24) is 10.2 Å². The lowest BCUT2D eigenvalue weighted by atomic mass is 9.74. The molecule has 1 aliphatic carbocycles. The van der Waals surface area contributed by atoms with Crippen LogP contribution in [0.4, 0.5) is 10.1 Å². The molecule has 2 aromatic carbocycles. The summed E-state index contributed by atoms with van der Waals surface area (Å²) in [7, 11) is 0. The van der Waals surface area contributed by atoms with Crippen molar-refractivity contribution >= 4 is 23.4 Å². The minimum atomic E-state index is -1.23. The van der Waals surface area contributed by atoms with Crippen LogP contribution in [-0.4, -0.2) is 46.4 Å². The maximum absolute atomic E-state index is 14.1. The number of benzene rings is 2. The third-order valence-corrected chi connectivity index (χ3v) is 8.63. The Hall–Kier alpha value is -3.52. The van der Waals surface area contributed by atoms with Crippen molar-refractivity contribution in [3.63, 3.8) is 0 Å². The lowest BCUT2D eigenvalue weighted by Crippen LogP contribution is -2.56. The topological polar surface area (TPSA) is 87.7 Å². The van der Waals surface area contributed by atoms with E-state index in [-0.39, 0.29) is 36.1 Å². The van der Waals surface area contributed by atoms with Gasteiger partial charge in [0, 0.05) is 18.3 Å². The van der Waals surface area contributed by atoms with E-state index < -0.39 is 29.6 Å². The zero-order valence-electron chi connectivity index (χ0n) is 22.3. The van der Waals surface area contributed by atoms with Gasteiger partial charge in [0.25, 0.3) is 0 Å². The first-order valence-electron chi connectivity index (χ1n) is 13.9. The Balaban J connectivity index is 1.32. The molecule has 2 N–H and O–H groups in total. The number of carbonyl (C=O) groups is 3. The third-order valence-electron chi connectivity index (χ3n) is 8.63. The highest BCUT2D eigenvalue weighted by atomic mass is 19.1. The molecule has 2 bridgehead atoms. The number of nitrogens with one attached hydrogen (secondary N) is 2. The van der Waals surface area contributed by atoms with Gasteiger partial charge in [0.15, 0.2) is 0 Å². The molecule has 1 saturated carbocycles. The maximum Gasteiger partial charge on any atom is 0.246 e. The Morgan fingerprint density at radius 2 is 1.72 bits per heavy atom. The molecule has 3 aliphatic heterocycles. The number of halogens is 1. The molecule has 2 aromatic rings. The van der Waals surface area contributed by atoms with E-state index in [2.05, 4.69) is 10.6 Å². The standard InChI is InChI=1S/C31H34FN3O4/c1-18-14-19(2)16-23(15-18)34-28(36)25-24-12-13-31(39-24)26(25)30(38)35(17-20-8-10-21(32)11-9-20)27(31)29(37)33-22-6-4-3-5-7-22/h8-16,22,24-27H,3-7,17H2,1-2H3,(H,33,37)(H,34,36). The van der Waals surface area contributed by atoms with Gasteiger partial charge in [0.05, 0.1) is 17.9 Å². The number of fused-ring (bicyclic) bond motifs is 1. The van der Waals surface area contributed by atoms with Gasteiger partial charge in [-0.1, -0.05) is 49.6 Å². The predicted molar refractivity (Wildman–Crippen MR) is 144 cm³/mol. The molecule has 7 nitrogen and oxygen atoms in total. The van der Waals surface area contributed by atoms with Crippen molar-refractivity contribution in [2.75, 3.05) is 5.32 Å². The number of hydrogen-bond acceptors (Lipinski definition) is 4. The van der Waals surface area contributed by atoms with Gasteiger partial charge in [-0.2, -0.15) is 0 Å². The average molecular weight is 532 g/mol. The first-order valence-corrected chi connectivity index (χ1v) is 13.9. The molecule has 1 spiro atoms. The fourth-order valence-electron chi connectivity index (χ4n) is 7.02. The van der Waals surface area contributed by atoms with Crippen LogP contribution in [0, 0.1) is 31.5 Å². The number of nitrogens with zero attached hydrogens (tertiary/aromatic N) is 1. The van der Waals surface area contributed by atoms with Gasteiger partial charge >= 0.3 is 0 Å². The highest BCUT2D eigenvalue weighted by Crippen LogP contribution is 2.55. The third kappa shape index (κ3) is 4.54. The van der Waals surface area contributed by atoms with Crippen LogP contribution < -0.4 is 10.6 Å². The van der Waals surface area contributed by atoms with E-state index in [0.29, 0.717) is 11.3 Å². The second kappa shape index (κ2) is 9.90. The Bertz CT molecular complexity index is 1320. The largest absolute Gasteiger partial charge is 0.359 e. The van der Waals surface area contributed by atoms with E-state index in [1.54, 1.807) is 12.1 Å². The summed E-state index contributed by atoms with van der Waals surface area (Å²) in [5.41, 5.74) is 2.18. The van der Waals surface area contributed by atoms with Gasteiger partial charge in [0.1, 0.15) is 17.5 Å². The van der Waals surface area contributed by atoms with Crippen LogP contribution in [-0.2, 0) is 25.7 Å². The van der Waals surface area contributed by atoms with Crippen LogP contribution in [0.25, 0.3) is 0 Å². The van der Waals surface area contributed by atoms with Crippen molar-refractivity contribution in [2.45, 2.75) is 76.3 Å². The van der Waals surface area contributed by atoms with Gasteiger partial charge in [-0.15, -0.1) is 0 Å². The molecule has 5 atom stereocenters. The van der Waals surface area contributed by atoms with Crippen molar-refractivity contribution in [3.8, 4) is 0 Å². The molecular formula is C31H34FN3O4. The highest BCUT2D eigenvalue weighted by molar-refractivity contribution is 6.02. The first kappa shape index (κ1) is 25.7. The number of likely N-dealkylation sites (tertiary alicyclic amines) is 1. The Kier molecular flexibility index (Phi) is 6.53. The molecule has 5 unspecified atom stereocenters. The Morgan fingerprint density at radius 3 is 2.41 bits per heavy atom. The summed E-state index contributed by atoms with van der Waals surface area (Å²) in [6, 6.07) is 10.8. The normalized spacial score (nSPS) is 29.5. The van der Waals surface area contributed by atoms with Crippen molar-refractivity contribution in [3.05, 3.63) is 77.1 Å². The smallest absolute Gasteiger partial charge is 0.246 e. The Labute approximate surface area is 227 Å². The summed E-state index contributed by atoms with van der Waals surface area (Å²) >= 11 is 0. The summed E-state index contributed by atoms with van der Waals surface area (Å²) in [6.45, 7) is 4.04. The molecule has 3 fully saturated rings.